The summed E-state index contributed by atoms with van der Waals surface area (Å²) < 4.78 is 0.641. The van der Waals surface area contributed by atoms with Gasteiger partial charge in [-0.2, -0.15) is 0 Å². The lowest BCUT2D eigenvalue weighted by Gasteiger charge is -1.90. The van der Waals surface area contributed by atoms with Crippen LogP contribution in [-0.4, -0.2) is 16.1 Å². The highest BCUT2D eigenvalue weighted by Gasteiger charge is 2.15. The van der Waals surface area contributed by atoms with Gasteiger partial charge in [0.15, 0.2) is 0 Å². The van der Waals surface area contributed by atoms with Gasteiger partial charge in [-0.1, -0.05) is 0 Å². The van der Waals surface area contributed by atoms with Crippen LogP contribution in [0.15, 0.2) is 4.47 Å². The van der Waals surface area contributed by atoms with Gasteiger partial charge in [-0.25, -0.2) is 4.79 Å². The molecular weight excluding hydrogens is 210 g/mol. The highest BCUT2D eigenvalue weighted by atomic mass is 79.9. The minimum Gasteiger partial charge on any atom is -0.478 e. The molecule has 0 bridgehead atoms. The molecule has 4 heteroatoms. The van der Waals surface area contributed by atoms with Crippen LogP contribution in [0.5, 0.6) is 0 Å². The van der Waals surface area contributed by atoms with Gasteiger partial charge in [-0.3, -0.25) is 0 Å². The quantitative estimate of drug-likeness (QED) is 0.758. The number of aromatic nitrogens is 1. The monoisotopic (exact) mass is 217 g/mol. The van der Waals surface area contributed by atoms with E-state index < -0.39 is 5.97 Å². The number of carboxylic acid groups (broad SMARTS) is 1. The molecular formula is C7H8BrNO2. The van der Waals surface area contributed by atoms with Crippen LogP contribution in [0, 0.1) is 13.8 Å². The number of hydrogen-bond donors (Lipinski definition) is 2. The first-order chi connectivity index (χ1) is 5.04. The molecule has 11 heavy (non-hydrogen) atoms. The first-order valence-corrected chi connectivity index (χ1v) is 3.91. The molecule has 0 radical (unpaired) electrons. The molecule has 3 nitrogen and oxygen atoms in total. The Hall–Kier alpha value is -0.770. The molecule has 0 amide bonds. The molecule has 0 saturated carbocycles. The van der Waals surface area contributed by atoms with E-state index in [1.807, 2.05) is 6.92 Å². The minimum absolute atomic E-state index is 0.322. The van der Waals surface area contributed by atoms with Crippen LogP contribution in [0.1, 0.15) is 21.7 Å². The molecule has 1 rings (SSSR count). The molecule has 0 atom stereocenters. The molecule has 2 N–H and O–H groups in total. The maximum atomic E-state index is 10.6. The van der Waals surface area contributed by atoms with Gasteiger partial charge in [0.1, 0.15) is 0 Å². The summed E-state index contributed by atoms with van der Waals surface area (Å²) in [6.07, 6.45) is 0. The summed E-state index contributed by atoms with van der Waals surface area (Å²) in [5.41, 5.74) is 1.85. The van der Waals surface area contributed by atoms with Crippen molar-refractivity contribution in [2.75, 3.05) is 0 Å². The number of hydrogen-bond acceptors (Lipinski definition) is 1. The van der Waals surface area contributed by atoms with Crippen molar-refractivity contribution in [1.29, 1.82) is 0 Å². The highest BCUT2D eigenvalue weighted by Crippen LogP contribution is 2.23. The topological polar surface area (TPSA) is 53.1 Å². The van der Waals surface area contributed by atoms with Crippen molar-refractivity contribution in [3.8, 4) is 0 Å². The smallest absolute Gasteiger partial charge is 0.338 e. The summed E-state index contributed by atoms with van der Waals surface area (Å²) in [4.78, 5) is 13.5. The molecule has 60 valence electrons. The second-order valence-corrected chi connectivity index (χ2v) is 3.16. The van der Waals surface area contributed by atoms with Crippen molar-refractivity contribution in [2.24, 2.45) is 0 Å². The summed E-state index contributed by atoms with van der Waals surface area (Å²) in [7, 11) is 0. The van der Waals surface area contributed by atoms with Crippen LogP contribution >= 0.6 is 15.9 Å². The van der Waals surface area contributed by atoms with Gasteiger partial charge in [0.25, 0.3) is 0 Å². The summed E-state index contributed by atoms with van der Waals surface area (Å²) in [5.74, 6) is -0.904. The summed E-state index contributed by atoms with van der Waals surface area (Å²) in [6, 6.07) is 0. The van der Waals surface area contributed by atoms with Crippen LogP contribution in [0.2, 0.25) is 0 Å². The zero-order chi connectivity index (χ0) is 8.59. The van der Waals surface area contributed by atoms with Crippen molar-refractivity contribution in [1.82, 2.24) is 4.98 Å². The number of carbonyl (C=O) groups is 1. The van der Waals surface area contributed by atoms with E-state index in [9.17, 15) is 4.79 Å². The Kier molecular flexibility index (Phi) is 2.04. The van der Waals surface area contributed by atoms with Gasteiger partial charge in [0.2, 0.25) is 0 Å². The van der Waals surface area contributed by atoms with Crippen molar-refractivity contribution >= 4 is 21.9 Å². The zero-order valence-electron chi connectivity index (χ0n) is 6.23. The minimum atomic E-state index is -0.904. The molecule has 0 aromatic carbocycles. The van der Waals surface area contributed by atoms with Crippen LogP contribution in [-0.2, 0) is 0 Å². The Morgan fingerprint density at radius 3 is 2.18 bits per heavy atom. The maximum Gasteiger partial charge on any atom is 0.338 e. The van der Waals surface area contributed by atoms with Gasteiger partial charge in [0, 0.05) is 11.4 Å². The second-order valence-electron chi connectivity index (χ2n) is 2.37. The van der Waals surface area contributed by atoms with Gasteiger partial charge in [0.05, 0.1) is 10.0 Å². The number of H-pyrrole nitrogens is 1. The van der Waals surface area contributed by atoms with Crippen LogP contribution < -0.4 is 0 Å². The average molecular weight is 218 g/mol. The number of aromatic amines is 1. The van der Waals surface area contributed by atoms with Gasteiger partial charge < -0.3 is 10.1 Å². The number of aromatic carboxylic acids is 1. The predicted octanol–water partition coefficient (Wildman–Crippen LogP) is 2.09. The molecule has 0 fully saturated rings. The van der Waals surface area contributed by atoms with Crippen LogP contribution in [0.4, 0.5) is 0 Å². The van der Waals surface area contributed by atoms with Gasteiger partial charge >= 0.3 is 5.97 Å². The molecule has 0 aliphatic rings. The summed E-state index contributed by atoms with van der Waals surface area (Å²) >= 11 is 3.19. The Bertz CT molecular complexity index is 304. The summed E-state index contributed by atoms with van der Waals surface area (Å²) in [6.45, 7) is 3.56. The average Bonchev–Trinajstić information content (AvgIpc) is 2.07. The molecule has 0 saturated heterocycles. The van der Waals surface area contributed by atoms with Crippen LogP contribution in [0.25, 0.3) is 0 Å². The third-order valence-corrected chi connectivity index (χ3v) is 2.50. The standard InChI is InChI=1S/C7H8BrNO2/c1-3-5(7(10)11)6(8)4(2)9-3/h9H,1-2H3,(H,10,11). The first-order valence-electron chi connectivity index (χ1n) is 3.12. The van der Waals surface area contributed by atoms with Crippen molar-refractivity contribution in [3.05, 3.63) is 21.4 Å². The third-order valence-electron chi connectivity index (χ3n) is 1.51. The Labute approximate surface area is 72.6 Å². The van der Waals surface area contributed by atoms with Crippen molar-refractivity contribution in [2.45, 2.75) is 13.8 Å². The fourth-order valence-corrected chi connectivity index (χ4v) is 1.57. The molecule has 0 aliphatic heterocycles. The molecule has 0 spiro atoms. The van der Waals surface area contributed by atoms with E-state index in [-0.39, 0.29) is 0 Å². The van der Waals surface area contributed by atoms with E-state index >= 15 is 0 Å². The fourth-order valence-electron chi connectivity index (χ4n) is 1.01. The Morgan fingerprint density at radius 1 is 1.45 bits per heavy atom. The normalized spacial score (nSPS) is 10.1. The van der Waals surface area contributed by atoms with Gasteiger partial charge in [-0.05, 0) is 29.8 Å². The third kappa shape index (κ3) is 1.30. The van der Waals surface area contributed by atoms with Crippen LogP contribution in [0.3, 0.4) is 0 Å². The number of nitrogens with one attached hydrogen (secondary N) is 1. The first kappa shape index (κ1) is 8.33. The Morgan fingerprint density at radius 2 is 2.00 bits per heavy atom. The van der Waals surface area contributed by atoms with E-state index in [0.717, 1.165) is 5.69 Å². The maximum absolute atomic E-state index is 10.6. The number of halogens is 1. The van der Waals surface area contributed by atoms with E-state index in [4.69, 9.17) is 5.11 Å². The van der Waals surface area contributed by atoms with Crippen molar-refractivity contribution in [3.63, 3.8) is 0 Å². The number of carboxylic acids is 1. The molecule has 0 unspecified atom stereocenters. The lowest BCUT2D eigenvalue weighted by Crippen LogP contribution is -1.97. The van der Waals surface area contributed by atoms with Gasteiger partial charge in [-0.15, -0.1) is 0 Å². The van der Waals surface area contributed by atoms with E-state index in [1.54, 1.807) is 6.92 Å². The zero-order valence-corrected chi connectivity index (χ0v) is 7.82. The van der Waals surface area contributed by atoms with E-state index in [0.29, 0.717) is 15.7 Å². The van der Waals surface area contributed by atoms with Crippen molar-refractivity contribution < 1.29 is 9.90 Å². The molecule has 1 heterocycles. The lowest BCUT2D eigenvalue weighted by molar-refractivity contribution is 0.0695. The fraction of sp³-hybridized carbons (Fsp3) is 0.286. The molecule has 1 aromatic rings. The predicted molar refractivity (Wildman–Crippen MR) is 44.9 cm³/mol. The summed E-state index contributed by atoms with van der Waals surface area (Å²) in [5, 5.41) is 8.71. The molecule has 1 aromatic heterocycles. The van der Waals surface area contributed by atoms with E-state index in [2.05, 4.69) is 20.9 Å². The number of rotatable bonds is 1. The number of aryl methyl sites for hydroxylation is 2. The Balaban J connectivity index is 3.34. The largest absolute Gasteiger partial charge is 0.478 e. The highest BCUT2D eigenvalue weighted by molar-refractivity contribution is 9.10. The lowest BCUT2D eigenvalue weighted by atomic mass is 10.2. The molecule has 0 aliphatic carbocycles. The SMILES string of the molecule is Cc1[nH]c(C)c(C(=O)O)c1Br. The van der Waals surface area contributed by atoms with E-state index in [1.165, 1.54) is 0 Å². The second kappa shape index (κ2) is 2.70.